The van der Waals surface area contributed by atoms with Crippen LogP contribution in [0.5, 0.6) is 0 Å². The van der Waals surface area contributed by atoms with Gasteiger partial charge in [-0.25, -0.2) is 4.98 Å². The minimum atomic E-state index is -3.72. The van der Waals surface area contributed by atoms with Gasteiger partial charge in [0.2, 0.25) is 0 Å². The van der Waals surface area contributed by atoms with Crippen LogP contribution < -0.4 is 4.72 Å². The fraction of sp³-hybridized carbons (Fsp3) is 0.200. The van der Waals surface area contributed by atoms with Gasteiger partial charge in [0, 0.05) is 12.6 Å². The van der Waals surface area contributed by atoms with E-state index in [1.807, 2.05) is 6.92 Å². The second kappa shape index (κ2) is 4.95. The first-order valence-corrected chi connectivity index (χ1v) is 7.05. The van der Waals surface area contributed by atoms with Gasteiger partial charge in [0.25, 0.3) is 10.0 Å². The smallest absolute Gasteiger partial charge is 0.279 e. The van der Waals surface area contributed by atoms with Crippen LogP contribution in [-0.4, -0.2) is 23.4 Å². The fourth-order valence-corrected chi connectivity index (χ4v) is 2.53. The Bertz CT molecular complexity index is 653. The minimum Gasteiger partial charge on any atom is -0.332 e. The molecule has 0 unspecified atom stereocenters. The molecule has 0 atom stereocenters. The number of halogens is 1. The predicted octanol–water partition coefficient (Wildman–Crippen LogP) is 1.82. The Morgan fingerprint density at radius 2 is 2.22 bits per heavy atom. The van der Waals surface area contributed by atoms with E-state index >= 15 is 0 Å². The molecule has 0 spiro atoms. The third-order valence-corrected chi connectivity index (χ3v) is 3.85. The Morgan fingerprint density at radius 3 is 2.83 bits per heavy atom. The summed E-state index contributed by atoms with van der Waals surface area (Å²) in [5, 5.41) is 0.281. The summed E-state index contributed by atoms with van der Waals surface area (Å²) in [5.41, 5.74) is 0.229. The largest absolute Gasteiger partial charge is 0.332 e. The molecule has 0 aromatic carbocycles. The Kier molecular flexibility index (Phi) is 3.53. The van der Waals surface area contributed by atoms with Crippen molar-refractivity contribution < 1.29 is 8.42 Å². The number of pyridine rings is 1. The summed E-state index contributed by atoms with van der Waals surface area (Å²) in [4.78, 5) is 10.5. The Hall–Kier alpha value is -1.60. The molecule has 0 aliphatic carbocycles. The molecule has 0 aliphatic rings. The third kappa shape index (κ3) is 2.62. The van der Waals surface area contributed by atoms with Crippen molar-refractivity contribution in [3.63, 3.8) is 0 Å². The highest BCUT2D eigenvalue weighted by atomic mass is 35.5. The average Bonchev–Trinajstić information content (AvgIpc) is 2.81. The molecule has 0 fully saturated rings. The topological polar surface area (TPSA) is 87.7 Å². The summed E-state index contributed by atoms with van der Waals surface area (Å²) in [5.74, 6) is 0.604. The summed E-state index contributed by atoms with van der Waals surface area (Å²) < 4.78 is 26.4. The number of H-pyrrole nitrogens is 1. The first-order valence-electron chi connectivity index (χ1n) is 5.19. The van der Waals surface area contributed by atoms with Crippen molar-refractivity contribution in [2.45, 2.75) is 18.4 Å². The average molecular weight is 287 g/mol. The van der Waals surface area contributed by atoms with Crippen LogP contribution in [0.3, 0.4) is 0 Å². The van der Waals surface area contributed by atoms with Crippen molar-refractivity contribution in [2.75, 3.05) is 4.72 Å². The van der Waals surface area contributed by atoms with Gasteiger partial charge in [-0.1, -0.05) is 18.5 Å². The quantitative estimate of drug-likeness (QED) is 0.897. The maximum absolute atomic E-state index is 12.0. The lowest BCUT2D eigenvalue weighted by Crippen LogP contribution is -2.14. The van der Waals surface area contributed by atoms with E-state index in [1.54, 1.807) is 0 Å². The van der Waals surface area contributed by atoms with Gasteiger partial charge >= 0.3 is 0 Å². The molecular weight excluding hydrogens is 276 g/mol. The van der Waals surface area contributed by atoms with Crippen molar-refractivity contribution in [1.82, 2.24) is 15.0 Å². The molecule has 0 saturated heterocycles. The van der Waals surface area contributed by atoms with Gasteiger partial charge < -0.3 is 4.98 Å². The molecule has 0 radical (unpaired) electrons. The SMILES string of the molecule is CCc1ncc(S(=O)(=O)Nc2cnccc2Cl)[nH]1. The summed E-state index contributed by atoms with van der Waals surface area (Å²) in [6.07, 6.45) is 4.72. The summed E-state index contributed by atoms with van der Waals surface area (Å²) >= 11 is 5.86. The van der Waals surface area contributed by atoms with Crippen molar-refractivity contribution >= 4 is 27.3 Å². The van der Waals surface area contributed by atoms with Crippen LogP contribution in [0.2, 0.25) is 5.02 Å². The zero-order valence-corrected chi connectivity index (χ0v) is 11.1. The second-order valence-electron chi connectivity index (χ2n) is 3.51. The van der Waals surface area contributed by atoms with Crippen LogP contribution in [0.1, 0.15) is 12.7 Å². The lowest BCUT2D eigenvalue weighted by molar-refractivity contribution is 0.598. The van der Waals surface area contributed by atoms with E-state index in [0.29, 0.717) is 12.2 Å². The monoisotopic (exact) mass is 286 g/mol. The molecule has 6 nitrogen and oxygen atoms in total. The molecule has 0 aliphatic heterocycles. The van der Waals surface area contributed by atoms with E-state index in [-0.39, 0.29) is 15.7 Å². The molecule has 2 rings (SSSR count). The van der Waals surface area contributed by atoms with Gasteiger partial charge in [-0.3, -0.25) is 9.71 Å². The number of hydrogen-bond donors (Lipinski definition) is 2. The molecular formula is C10H11ClN4O2S. The zero-order valence-electron chi connectivity index (χ0n) is 9.51. The Morgan fingerprint density at radius 1 is 1.44 bits per heavy atom. The zero-order chi connectivity index (χ0) is 13.2. The predicted molar refractivity (Wildman–Crippen MR) is 68.0 cm³/mol. The Balaban J connectivity index is 2.30. The molecule has 2 heterocycles. The fourth-order valence-electron chi connectivity index (χ4n) is 1.31. The number of hydrogen-bond acceptors (Lipinski definition) is 4. The van der Waals surface area contributed by atoms with E-state index in [1.165, 1.54) is 24.7 Å². The maximum Gasteiger partial charge on any atom is 0.279 e. The number of anilines is 1. The highest BCUT2D eigenvalue weighted by Gasteiger charge is 2.18. The van der Waals surface area contributed by atoms with Gasteiger partial charge in [0.05, 0.1) is 23.1 Å². The van der Waals surface area contributed by atoms with E-state index in [9.17, 15) is 8.42 Å². The number of nitrogens with one attached hydrogen (secondary N) is 2. The van der Waals surface area contributed by atoms with E-state index in [4.69, 9.17) is 11.6 Å². The molecule has 2 N–H and O–H groups in total. The molecule has 96 valence electrons. The first-order chi connectivity index (χ1) is 8.53. The van der Waals surface area contributed by atoms with Gasteiger partial charge in [-0.15, -0.1) is 0 Å². The number of sulfonamides is 1. The highest BCUT2D eigenvalue weighted by molar-refractivity contribution is 7.92. The lowest BCUT2D eigenvalue weighted by atomic mass is 10.4. The maximum atomic E-state index is 12.0. The number of aryl methyl sites for hydroxylation is 1. The standard InChI is InChI=1S/C10H11ClN4O2S/c1-2-9-13-6-10(14-9)18(16,17)15-8-5-12-4-3-7(8)11/h3-6,15H,2H2,1H3,(H,13,14). The van der Waals surface area contributed by atoms with Crippen LogP contribution >= 0.6 is 11.6 Å². The minimum absolute atomic E-state index is 0.000676. The second-order valence-corrected chi connectivity index (χ2v) is 5.57. The number of nitrogens with zero attached hydrogens (tertiary/aromatic N) is 2. The van der Waals surface area contributed by atoms with Crippen molar-refractivity contribution in [2.24, 2.45) is 0 Å². The van der Waals surface area contributed by atoms with Crippen LogP contribution in [0, 0.1) is 0 Å². The van der Waals surface area contributed by atoms with Gasteiger partial charge in [0.1, 0.15) is 5.82 Å². The van der Waals surface area contributed by atoms with Crippen LogP contribution in [0.4, 0.5) is 5.69 Å². The third-order valence-electron chi connectivity index (χ3n) is 2.24. The van der Waals surface area contributed by atoms with E-state index in [0.717, 1.165) is 0 Å². The van der Waals surface area contributed by atoms with Gasteiger partial charge in [0.15, 0.2) is 5.03 Å². The number of aromatic nitrogens is 3. The number of imidazole rings is 1. The molecule has 2 aromatic heterocycles. The van der Waals surface area contributed by atoms with Gasteiger partial charge in [-0.2, -0.15) is 8.42 Å². The number of aromatic amines is 1. The lowest BCUT2D eigenvalue weighted by Gasteiger charge is -2.06. The molecule has 2 aromatic rings. The van der Waals surface area contributed by atoms with Crippen molar-refractivity contribution in [3.8, 4) is 0 Å². The van der Waals surface area contributed by atoms with Gasteiger partial charge in [-0.05, 0) is 6.07 Å². The summed E-state index contributed by atoms with van der Waals surface area (Å²) in [6, 6.07) is 1.50. The first kappa shape index (κ1) is 12.8. The van der Waals surface area contributed by atoms with Crippen LogP contribution in [0.15, 0.2) is 29.7 Å². The highest BCUT2D eigenvalue weighted by Crippen LogP contribution is 2.22. The molecule has 8 heteroatoms. The van der Waals surface area contributed by atoms with E-state index in [2.05, 4.69) is 19.7 Å². The summed E-state index contributed by atoms with van der Waals surface area (Å²) in [6.45, 7) is 1.88. The van der Waals surface area contributed by atoms with Crippen LogP contribution in [0.25, 0.3) is 0 Å². The normalized spacial score (nSPS) is 11.4. The summed E-state index contributed by atoms with van der Waals surface area (Å²) in [7, 11) is -3.72. The molecule has 18 heavy (non-hydrogen) atoms. The van der Waals surface area contributed by atoms with Crippen molar-refractivity contribution in [1.29, 1.82) is 0 Å². The molecule has 0 bridgehead atoms. The van der Waals surface area contributed by atoms with E-state index < -0.39 is 10.0 Å². The number of rotatable bonds is 4. The molecule has 0 saturated carbocycles. The Labute approximate surface area is 109 Å². The van der Waals surface area contributed by atoms with Crippen LogP contribution in [-0.2, 0) is 16.4 Å². The molecule has 0 amide bonds. The van der Waals surface area contributed by atoms with Crippen molar-refractivity contribution in [3.05, 3.63) is 35.5 Å².